The van der Waals surface area contributed by atoms with E-state index >= 15 is 0 Å². The number of hydrogen-bond donors (Lipinski definition) is 1. The summed E-state index contributed by atoms with van der Waals surface area (Å²) >= 11 is 0. The van der Waals surface area contributed by atoms with Crippen molar-refractivity contribution in [2.75, 3.05) is 26.3 Å². The predicted octanol–water partition coefficient (Wildman–Crippen LogP) is 7.78. The van der Waals surface area contributed by atoms with Crippen LogP contribution in [0, 0.1) is 11.8 Å². The Hall–Kier alpha value is -3.45. The van der Waals surface area contributed by atoms with Crippen molar-refractivity contribution in [1.82, 2.24) is 4.90 Å². The number of nitrogens with zero attached hydrogens (tertiary/aromatic N) is 1. The van der Waals surface area contributed by atoms with Crippen molar-refractivity contribution in [3.63, 3.8) is 0 Å². The molecule has 1 unspecified atom stereocenters. The van der Waals surface area contributed by atoms with Crippen LogP contribution < -0.4 is 0 Å². The molecule has 1 saturated heterocycles. The number of carbonyl (C=O) groups is 1. The van der Waals surface area contributed by atoms with E-state index in [1.165, 1.54) is 17.7 Å². The normalized spacial score (nSPS) is 18.3. The van der Waals surface area contributed by atoms with Crippen LogP contribution in [0.5, 0.6) is 0 Å². The number of fused-ring (bicyclic) bond motifs is 1. The monoisotopic (exact) mass is 551 g/mol. The number of hydrogen-bond acceptors (Lipinski definition) is 2. The van der Waals surface area contributed by atoms with Crippen LogP contribution in [0.1, 0.15) is 63.5 Å². The van der Waals surface area contributed by atoms with Gasteiger partial charge in [0.2, 0.25) is 0 Å². The molecule has 3 aromatic carbocycles. The highest BCUT2D eigenvalue weighted by Crippen LogP contribution is 2.44. The minimum absolute atomic E-state index is 0.0517. The molecule has 0 spiro atoms. The van der Waals surface area contributed by atoms with Crippen molar-refractivity contribution < 1.29 is 27.5 Å². The summed E-state index contributed by atoms with van der Waals surface area (Å²) in [4.78, 5) is 14.0. The zero-order chi connectivity index (χ0) is 28.4. The van der Waals surface area contributed by atoms with Gasteiger partial charge in [0.25, 0.3) is 0 Å². The molecule has 40 heavy (non-hydrogen) atoms. The summed E-state index contributed by atoms with van der Waals surface area (Å²) in [6.45, 7) is 4.45. The predicted molar refractivity (Wildman–Crippen MR) is 149 cm³/mol. The smallest absolute Gasteiger partial charge is 0.416 e. The Labute approximate surface area is 232 Å². The lowest BCUT2D eigenvalue weighted by Crippen LogP contribution is -2.47. The highest BCUT2D eigenvalue weighted by atomic mass is 19.4. The number of halogens is 4. The molecule has 7 heteroatoms. The van der Waals surface area contributed by atoms with Crippen LogP contribution in [0.4, 0.5) is 17.6 Å². The average molecular weight is 552 g/mol. The summed E-state index contributed by atoms with van der Waals surface area (Å²) in [7, 11) is 0. The molecule has 210 valence electrons. The SMILES string of the molecule is CC1CCc2cc(C(=O)O)ccc2C(c2ccc(CC3CN(CCCF)C3)cc2)=C1c1cccc(C(F)(F)F)c1. The molecule has 5 rings (SSSR count). The van der Waals surface area contributed by atoms with Crippen molar-refractivity contribution in [2.45, 2.75) is 38.8 Å². The third-order valence-electron chi connectivity index (χ3n) is 8.14. The van der Waals surface area contributed by atoms with Crippen molar-refractivity contribution in [2.24, 2.45) is 11.8 Å². The Morgan fingerprint density at radius 3 is 2.42 bits per heavy atom. The van der Waals surface area contributed by atoms with Gasteiger partial charge >= 0.3 is 12.1 Å². The van der Waals surface area contributed by atoms with Crippen LogP contribution in [0.2, 0.25) is 0 Å². The Morgan fingerprint density at radius 1 is 1.00 bits per heavy atom. The molecule has 2 aliphatic rings. The number of benzene rings is 3. The van der Waals surface area contributed by atoms with Crippen LogP contribution in [0.3, 0.4) is 0 Å². The topological polar surface area (TPSA) is 40.5 Å². The minimum Gasteiger partial charge on any atom is -0.478 e. The first kappa shape index (κ1) is 28.1. The zero-order valence-corrected chi connectivity index (χ0v) is 22.5. The van der Waals surface area contributed by atoms with Gasteiger partial charge in [0.15, 0.2) is 0 Å². The summed E-state index contributed by atoms with van der Waals surface area (Å²) in [5, 5.41) is 9.58. The molecule has 1 heterocycles. The summed E-state index contributed by atoms with van der Waals surface area (Å²) in [5.74, 6) is -0.533. The van der Waals surface area contributed by atoms with Crippen LogP contribution in [0.25, 0.3) is 11.1 Å². The second-order valence-electron chi connectivity index (χ2n) is 11.1. The van der Waals surface area contributed by atoms with Crippen LogP contribution in [-0.2, 0) is 19.0 Å². The fourth-order valence-electron chi connectivity index (χ4n) is 6.10. The van der Waals surface area contributed by atoms with Crippen molar-refractivity contribution in [3.8, 4) is 0 Å². The molecule has 0 saturated carbocycles. The van der Waals surface area contributed by atoms with Crippen molar-refractivity contribution in [1.29, 1.82) is 0 Å². The molecule has 0 amide bonds. The summed E-state index contributed by atoms with van der Waals surface area (Å²) in [6.07, 6.45) is -1.66. The summed E-state index contributed by atoms with van der Waals surface area (Å²) in [6, 6.07) is 18.8. The van der Waals surface area contributed by atoms with E-state index < -0.39 is 17.7 Å². The Morgan fingerprint density at radius 2 is 1.75 bits per heavy atom. The van der Waals surface area contributed by atoms with E-state index in [0.717, 1.165) is 60.0 Å². The average Bonchev–Trinajstić information content (AvgIpc) is 3.05. The summed E-state index contributed by atoms with van der Waals surface area (Å²) < 4.78 is 53.5. The molecule has 0 radical (unpaired) electrons. The maximum Gasteiger partial charge on any atom is 0.416 e. The van der Waals surface area contributed by atoms with Gasteiger partial charge in [-0.15, -0.1) is 0 Å². The number of allylic oxidation sites excluding steroid dienone is 1. The minimum atomic E-state index is -4.45. The Bertz CT molecular complexity index is 1400. The van der Waals surface area contributed by atoms with Crippen molar-refractivity contribution in [3.05, 3.63) is 106 Å². The number of aryl methyl sites for hydroxylation is 1. The van der Waals surface area contributed by atoms with E-state index in [1.807, 2.05) is 19.1 Å². The zero-order valence-electron chi connectivity index (χ0n) is 22.5. The number of likely N-dealkylation sites (tertiary alicyclic amines) is 1. The van der Waals surface area contributed by atoms with E-state index in [2.05, 4.69) is 17.0 Å². The Kier molecular flexibility index (Phi) is 8.13. The van der Waals surface area contributed by atoms with Gasteiger partial charge in [0, 0.05) is 19.6 Å². The van der Waals surface area contributed by atoms with Gasteiger partial charge in [0.1, 0.15) is 0 Å². The maximum atomic E-state index is 13.7. The number of carboxylic acids is 1. The first-order valence-corrected chi connectivity index (χ1v) is 13.8. The van der Waals surface area contributed by atoms with E-state index in [4.69, 9.17) is 0 Å². The van der Waals surface area contributed by atoms with Gasteiger partial charge in [-0.25, -0.2) is 4.79 Å². The second kappa shape index (κ2) is 11.6. The fourth-order valence-corrected chi connectivity index (χ4v) is 6.10. The molecule has 1 fully saturated rings. The molecule has 3 aromatic rings. The molecule has 3 nitrogen and oxygen atoms in total. The quantitative estimate of drug-likeness (QED) is 0.291. The van der Waals surface area contributed by atoms with Crippen LogP contribution in [-0.4, -0.2) is 42.3 Å². The number of aromatic carboxylic acids is 1. The lowest BCUT2D eigenvalue weighted by molar-refractivity contribution is -0.137. The third-order valence-corrected chi connectivity index (χ3v) is 8.14. The fraction of sp³-hybridized carbons (Fsp3) is 0.364. The molecule has 1 aliphatic heterocycles. The standard InChI is InChI=1S/C33H33F4NO2/c1-21-6-9-25-17-27(32(39)40)12-13-29(25)31(30(21)26-4-2-5-28(18-26)33(35,36)37)24-10-7-22(8-11-24)16-23-19-38(20-23)15-3-14-34/h2,4-5,7-8,10-13,17-18,21,23H,3,6,9,14-16,19-20H2,1H3,(H,39,40). The number of rotatable bonds is 8. The molecular formula is C33H33F4NO2. The maximum absolute atomic E-state index is 13.7. The summed E-state index contributed by atoms with van der Waals surface area (Å²) in [5.41, 5.74) is 5.55. The van der Waals surface area contributed by atoms with Crippen LogP contribution in [0.15, 0.2) is 66.7 Å². The van der Waals surface area contributed by atoms with Gasteiger partial charge in [-0.1, -0.05) is 49.4 Å². The van der Waals surface area contributed by atoms with Gasteiger partial charge < -0.3 is 10.0 Å². The Balaban J connectivity index is 1.56. The molecular weight excluding hydrogens is 518 g/mol. The molecule has 0 bridgehead atoms. The molecule has 1 aliphatic carbocycles. The largest absolute Gasteiger partial charge is 0.478 e. The molecule has 0 aromatic heterocycles. The van der Waals surface area contributed by atoms with Gasteiger partial charge in [-0.05, 0) is 101 Å². The van der Waals surface area contributed by atoms with E-state index in [9.17, 15) is 27.5 Å². The van der Waals surface area contributed by atoms with Crippen LogP contribution >= 0.6 is 0 Å². The lowest BCUT2D eigenvalue weighted by atomic mass is 9.83. The van der Waals surface area contributed by atoms with E-state index in [1.54, 1.807) is 24.3 Å². The first-order chi connectivity index (χ1) is 19.1. The van der Waals surface area contributed by atoms with Gasteiger partial charge in [-0.3, -0.25) is 4.39 Å². The highest BCUT2D eigenvalue weighted by Gasteiger charge is 2.32. The first-order valence-electron chi connectivity index (χ1n) is 13.8. The highest BCUT2D eigenvalue weighted by molar-refractivity contribution is 6.01. The van der Waals surface area contributed by atoms with E-state index in [-0.39, 0.29) is 18.2 Å². The second-order valence-corrected chi connectivity index (χ2v) is 11.1. The molecule has 1 N–H and O–H groups in total. The number of alkyl halides is 4. The molecule has 1 atom stereocenters. The third kappa shape index (κ3) is 5.99. The van der Waals surface area contributed by atoms with Gasteiger partial charge in [-0.2, -0.15) is 13.2 Å². The van der Waals surface area contributed by atoms with Gasteiger partial charge in [0.05, 0.1) is 17.8 Å². The lowest BCUT2D eigenvalue weighted by Gasteiger charge is -2.39. The van der Waals surface area contributed by atoms with E-state index in [0.29, 0.717) is 30.7 Å². The van der Waals surface area contributed by atoms with Crippen molar-refractivity contribution >= 4 is 17.1 Å². The number of carboxylic acid groups (broad SMARTS) is 1.